The highest BCUT2D eigenvalue weighted by molar-refractivity contribution is 7.97. The van der Waals surface area contributed by atoms with Crippen LogP contribution in [-0.4, -0.2) is 28.8 Å². The fraction of sp³-hybridized carbons (Fsp3) is 0.333. The molecular weight excluding hydrogens is 358 g/mol. The topological polar surface area (TPSA) is 56.2 Å². The van der Waals surface area contributed by atoms with Gasteiger partial charge in [-0.1, -0.05) is 31.2 Å². The quantitative estimate of drug-likeness (QED) is 0.634. The lowest BCUT2D eigenvalue weighted by atomic mass is 10.0. The standard InChI is InChI=1S/C21H25N3O2S/c1-4-17(15-9-11-16(26-2)12-10-15)23-21(25)13-24-19-8-6-5-7-18(19)22-20(24)14-27-3/h5-12,17H,4,13-14H2,1-3H3,(H,23,25). The Hall–Kier alpha value is -2.47. The first-order valence-corrected chi connectivity index (χ1v) is 10.4. The van der Waals surface area contributed by atoms with Crippen molar-refractivity contribution in [2.45, 2.75) is 31.7 Å². The SMILES string of the molecule is CCC(NC(=O)Cn1c(CSC)nc2ccccc21)c1ccc(OC)cc1. The molecule has 0 radical (unpaired) electrons. The molecule has 0 aliphatic heterocycles. The molecule has 142 valence electrons. The van der Waals surface area contributed by atoms with Crippen molar-refractivity contribution in [2.24, 2.45) is 0 Å². The average molecular weight is 384 g/mol. The third-order valence-electron chi connectivity index (χ3n) is 4.57. The average Bonchev–Trinajstić information content (AvgIpc) is 3.04. The first kappa shape index (κ1) is 19.3. The smallest absolute Gasteiger partial charge is 0.240 e. The summed E-state index contributed by atoms with van der Waals surface area (Å²) in [6.07, 6.45) is 2.86. The molecule has 27 heavy (non-hydrogen) atoms. The predicted molar refractivity (Wildman–Crippen MR) is 111 cm³/mol. The first-order valence-electron chi connectivity index (χ1n) is 9.02. The lowest BCUT2D eigenvalue weighted by Crippen LogP contribution is -2.31. The van der Waals surface area contributed by atoms with Gasteiger partial charge in [-0.15, -0.1) is 0 Å². The van der Waals surface area contributed by atoms with Gasteiger partial charge in [0.05, 0.1) is 29.9 Å². The number of thioether (sulfide) groups is 1. The minimum absolute atomic E-state index is 0.0109. The van der Waals surface area contributed by atoms with Crippen molar-refractivity contribution < 1.29 is 9.53 Å². The summed E-state index contributed by atoms with van der Waals surface area (Å²) in [5, 5.41) is 3.16. The van der Waals surface area contributed by atoms with E-state index in [1.54, 1.807) is 18.9 Å². The van der Waals surface area contributed by atoms with Crippen molar-refractivity contribution in [1.29, 1.82) is 0 Å². The van der Waals surface area contributed by atoms with Crippen molar-refractivity contribution in [3.8, 4) is 5.75 Å². The molecule has 0 fully saturated rings. The molecule has 3 rings (SSSR count). The van der Waals surface area contributed by atoms with E-state index >= 15 is 0 Å². The van der Waals surface area contributed by atoms with E-state index < -0.39 is 0 Å². The molecular formula is C21H25N3O2S. The molecule has 1 unspecified atom stereocenters. The first-order chi connectivity index (χ1) is 13.2. The zero-order chi connectivity index (χ0) is 19.2. The molecule has 2 aromatic carbocycles. The molecule has 1 atom stereocenters. The van der Waals surface area contributed by atoms with E-state index in [4.69, 9.17) is 4.74 Å². The van der Waals surface area contributed by atoms with Gasteiger partial charge in [0.15, 0.2) is 0 Å². The Bertz CT molecular complexity index is 905. The van der Waals surface area contributed by atoms with E-state index in [1.807, 2.05) is 59.4 Å². The van der Waals surface area contributed by atoms with Gasteiger partial charge in [0, 0.05) is 0 Å². The molecule has 0 saturated heterocycles. The van der Waals surface area contributed by atoms with E-state index in [9.17, 15) is 4.79 Å². The van der Waals surface area contributed by atoms with Crippen LogP contribution in [0, 0.1) is 0 Å². The van der Waals surface area contributed by atoms with Crippen molar-refractivity contribution in [2.75, 3.05) is 13.4 Å². The number of benzene rings is 2. The molecule has 0 bridgehead atoms. The summed E-state index contributed by atoms with van der Waals surface area (Å²) in [4.78, 5) is 17.5. The number of nitrogens with zero attached hydrogens (tertiary/aromatic N) is 2. The number of amides is 1. The third-order valence-corrected chi connectivity index (χ3v) is 5.12. The number of para-hydroxylation sites is 2. The molecule has 0 aliphatic carbocycles. The fourth-order valence-electron chi connectivity index (χ4n) is 3.18. The largest absolute Gasteiger partial charge is 0.497 e. The fourth-order valence-corrected chi connectivity index (χ4v) is 3.66. The number of imidazole rings is 1. The Morgan fingerprint density at radius 1 is 1.22 bits per heavy atom. The summed E-state index contributed by atoms with van der Waals surface area (Å²) < 4.78 is 7.23. The Balaban J connectivity index is 1.78. The van der Waals surface area contributed by atoms with Gasteiger partial charge in [0.25, 0.3) is 0 Å². The molecule has 0 saturated carbocycles. The zero-order valence-corrected chi connectivity index (χ0v) is 16.8. The lowest BCUT2D eigenvalue weighted by Gasteiger charge is -2.18. The summed E-state index contributed by atoms with van der Waals surface area (Å²) in [7, 11) is 1.65. The van der Waals surface area contributed by atoms with Gasteiger partial charge >= 0.3 is 0 Å². The van der Waals surface area contributed by atoms with E-state index in [0.717, 1.165) is 40.3 Å². The number of methoxy groups -OCH3 is 1. The molecule has 5 nitrogen and oxygen atoms in total. The second-order valence-electron chi connectivity index (χ2n) is 6.34. The maximum Gasteiger partial charge on any atom is 0.240 e. The van der Waals surface area contributed by atoms with E-state index in [1.165, 1.54) is 0 Å². The highest BCUT2D eigenvalue weighted by atomic mass is 32.2. The van der Waals surface area contributed by atoms with Gasteiger partial charge in [0.1, 0.15) is 18.1 Å². The summed E-state index contributed by atoms with van der Waals surface area (Å²) in [6, 6.07) is 15.8. The van der Waals surface area contributed by atoms with Gasteiger partial charge in [-0.25, -0.2) is 4.98 Å². The van der Waals surface area contributed by atoms with E-state index in [0.29, 0.717) is 0 Å². The normalized spacial score (nSPS) is 12.1. The van der Waals surface area contributed by atoms with Crippen LogP contribution in [0.2, 0.25) is 0 Å². The van der Waals surface area contributed by atoms with Crippen LogP contribution >= 0.6 is 11.8 Å². The molecule has 1 aromatic heterocycles. The number of carbonyl (C=O) groups excluding carboxylic acids is 1. The van der Waals surface area contributed by atoms with Gasteiger partial charge in [-0.2, -0.15) is 11.8 Å². The second kappa shape index (κ2) is 8.95. The van der Waals surface area contributed by atoms with Crippen LogP contribution in [0.25, 0.3) is 11.0 Å². The monoisotopic (exact) mass is 383 g/mol. The van der Waals surface area contributed by atoms with Crippen LogP contribution in [0.4, 0.5) is 0 Å². The minimum atomic E-state index is -0.0257. The van der Waals surface area contributed by atoms with Crippen molar-refractivity contribution in [1.82, 2.24) is 14.9 Å². The molecule has 3 aromatic rings. The summed E-state index contributed by atoms with van der Waals surface area (Å²) in [6.45, 7) is 2.34. The van der Waals surface area contributed by atoms with Crippen molar-refractivity contribution in [3.05, 3.63) is 59.9 Å². The van der Waals surface area contributed by atoms with Crippen LogP contribution in [0.3, 0.4) is 0 Å². The van der Waals surface area contributed by atoms with Crippen molar-refractivity contribution in [3.63, 3.8) is 0 Å². The van der Waals surface area contributed by atoms with Gasteiger partial charge in [-0.3, -0.25) is 4.79 Å². The number of aromatic nitrogens is 2. The van der Waals surface area contributed by atoms with Gasteiger partial charge in [-0.05, 0) is 42.5 Å². The van der Waals surface area contributed by atoms with Crippen LogP contribution in [0.5, 0.6) is 5.75 Å². The Morgan fingerprint density at radius 3 is 2.63 bits per heavy atom. The third kappa shape index (κ3) is 4.45. The summed E-state index contributed by atoms with van der Waals surface area (Å²) in [5.41, 5.74) is 3.00. The molecule has 1 N–H and O–H groups in total. The highest BCUT2D eigenvalue weighted by Gasteiger charge is 2.16. The van der Waals surface area contributed by atoms with Crippen LogP contribution < -0.4 is 10.1 Å². The van der Waals surface area contributed by atoms with Crippen LogP contribution in [0.1, 0.15) is 30.8 Å². The molecule has 6 heteroatoms. The number of fused-ring (bicyclic) bond motifs is 1. The second-order valence-corrected chi connectivity index (χ2v) is 7.20. The number of ether oxygens (including phenoxy) is 1. The number of hydrogen-bond acceptors (Lipinski definition) is 4. The summed E-state index contributed by atoms with van der Waals surface area (Å²) in [5.74, 6) is 2.50. The Labute approximate surface area is 164 Å². The zero-order valence-electron chi connectivity index (χ0n) is 15.9. The highest BCUT2D eigenvalue weighted by Crippen LogP contribution is 2.21. The molecule has 1 amide bonds. The lowest BCUT2D eigenvalue weighted by molar-refractivity contribution is -0.122. The molecule has 0 spiro atoms. The van der Waals surface area contributed by atoms with Gasteiger partial charge < -0.3 is 14.6 Å². The predicted octanol–water partition coefficient (Wildman–Crippen LogP) is 4.18. The molecule has 0 aliphatic rings. The minimum Gasteiger partial charge on any atom is -0.497 e. The number of rotatable bonds is 8. The number of carbonyl (C=O) groups is 1. The van der Waals surface area contributed by atoms with Crippen LogP contribution in [0.15, 0.2) is 48.5 Å². The van der Waals surface area contributed by atoms with Crippen LogP contribution in [-0.2, 0) is 17.1 Å². The van der Waals surface area contributed by atoms with Crippen molar-refractivity contribution >= 4 is 28.7 Å². The van der Waals surface area contributed by atoms with E-state index in [-0.39, 0.29) is 18.5 Å². The number of nitrogens with one attached hydrogen (secondary N) is 1. The molecule has 1 heterocycles. The number of hydrogen-bond donors (Lipinski definition) is 1. The van der Waals surface area contributed by atoms with Gasteiger partial charge in [0.2, 0.25) is 5.91 Å². The Kier molecular flexibility index (Phi) is 6.40. The van der Waals surface area contributed by atoms with E-state index in [2.05, 4.69) is 17.2 Å². The Morgan fingerprint density at radius 2 is 1.96 bits per heavy atom. The maximum absolute atomic E-state index is 12.8. The maximum atomic E-state index is 12.8. The summed E-state index contributed by atoms with van der Waals surface area (Å²) >= 11 is 1.70.